The van der Waals surface area contributed by atoms with E-state index in [0.29, 0.717) is 30.3 Å². The van der Waals surface area contributed by atoms with E-state index < -0.39 is 0 Å². The lowest BCUT2D eigenvalue weighted by Crippen LogP contribution is -2.29. The maximum atomic E-state index is 11.6. The summed E-state index contributed by atoms with van der Waals surface area (Å²) >= 11 is 3.42. The number of hydrogen-bond donors (Lipinski definition) is 2. The van der Waals surface area contributed by atoms with Crippen LogP contribution in [0.2, 0.25) is 0 Å². The molecule has 0 atom stereocenters. The summed E-state index contributed by atoms with van der Waals surface area (Å²) in [5, 5.41) is 0. The molecule has 0 saturated carbocycles. The molecule has 6 heteroatoms. The molecule has 0 fully saturated rings. The van der Waals surface area contributed by atoms with E-state index in [1.165, 1.54) is 0 Å². The van der Waals surface area contributed by atoms with Gasteiger partial charge in [0.05, 0.1) is 6.61 Å². The number of nitrogens with one attached hydrogen (secondary N) is 1. The lowest BCUT2D eigenvalue weighted by molar-refractivity contribution is 0.0953. The zero-order chi connectivity index (χ0) is 15.9. The van der Waals surface area contributed by atoms with Crippen LogP contribution in [0, 0.1) is 0 Å². The number of rotatable bonds is 6. The monoisotopic (exact) mass is 364 g/mol. The quantitative estimate of drug-likeness (QED) is 0.469. The predicted molar refractivity (Wildman–Crippen MR) is 87.7 cm³/mol. The Balaban J connectivity index is 2.17. The van der Waals surface area contributed by atoms with Crippen LogP contribution < -0.4 is 20.7 Å². The molecular formula is C16H17BrN2O3. The highest BCUT2D eigenvalue weighted by Crippen LogP contribution is 2.29. The lowest BCUT2D eigenvalue weighted by atomic mass is 10.2. The van der Waals surface area contributed by atoms with Crippen molar-refractivity contribution in [3.63, 3.8) is 0 Å². The summed E-state index contributed by atoms with van der Waals surface area (Å²) in [4.78, 5) is 11.6. The maximum absolute atomic E-state index is 11.6. The van der Waals surface area contributed by atoms with E-state index in [-0.39, 0.29) is 5.91 Å². The number of ether oxygens (including phenoxy) is 2. The molecule has 116 valence electrons. The van der Waals surface area contributed by atoms with E-state index >= 15 is 0 Å². The Kier molecular flexibility index (Phi) is 5.80. The summed E-state index contributed by atoms with van der Waals surface area (Å²) in [7, 11) is 0. The summed E-state index contributed by atoms with van der Waals surface area (Å²) in [6.07, 6.45) is 0. The Bertz CT molecular complexity index is 662. The third kappa shape index (κ3) is 4.22. The number of nitrogens with two attached hydrogens (primary N) is 1. The number of halogens is 1. The molecule has 5 nitrogen and oxygen atoms in total. The van der Waals surface area contributed by atoms with E-state index in [1.807, 2.05) is 31.2 Å². The standard InChI is InChI=1S/C16H17BrN2O3/c1-2-21-15-9-12(16(20)19-18)6-7-14(15)22-10-11-4-3-5-13(17)8-11/h3-9H,2,10,18H2,1H3,(H,19,20). The lowest BCUT2D eigenvalue weighted by Gasteiger charge is -2.13. The summed E-state index contributed by atoms with van der Waals surface area (Å²) in [6, 6.07) is 12.8. The van der Waals surface area contributed by atoms with Crippen LogP contribution >= 0.6 is 15.9 Å². The molecule has 0 bridgehead atoms. The molecule has 2 aromatic carbocycles. The van der Waals surface area contributed by atoms with Crippen molar-refractivity contribution in [1.82, 2.24) is 5.43 Å². The largest absolute Gasteiger partial charge is 0.490 e. The van der Waals surface area contributed by atoms with Crippen LogP contribution in [0.15, 0.2) is 46.9 Å². The van der Waals surface area contributed by atoms with Crippen molar-refractivity contribution < 1.29 is 14.3 Å². The van der Waals surface area contributed by atoms with Gasteiger partial charge in [-0.2, -0.15) is 0 Å². The van der Waals surface area contributed by atoms with Crippen molar-refractivity contribution in [2.75, 3.05) is 6.61 Å². The van der Waals surface area contributed by atoms with Gasteiger partial charge >= 0.3 is 0 Å². The second-order valence-corrected chi connectivity index (χ2v) is 5.40. The highest BCUT2D eigenvalue weighted by atomic mass is 79.9. The zero-order valence-electron chi connectivity index (χ0n) is 12.1. The average Bonchev–Trinajstić information content (AvgIpc) is 2.53. The third-order valence-corrected chi connectivity index (χ3v) is 3.41. The van der Waals surface area contributed by atoms with Crippen LogP contribution in [-0.4, -0.2) is 12.5 Å². The van der Waals surface area contributed by atoms with Gasteiger partial charge in [-0.25, -0.2) is 5.84 Å². The van der Waals surface area contributed by atoms with Gasteiger partial charge in [0.1, 0.15) is 6.61 Å². The fourth-order valence-corrected chi connectivity index (χ4v) is 2.35. The van der Waals surface area contributed by atoms with Gasteiger partial charge in [0, 0.05) is 10.0 Å². The summed E-state index contributed by atoms with van der Waals surface area (Å²) in [6.45, 7) is 2.75. The first-order valence-electron chi connectivity index (χ1n) is 6.79. The molecule has 0 unspecified atom stereocenters. The molecule has 0 aliphatic heterocycles. The highest BCUT2D eigenvalue weighted by Gasteiger charge is 2.11. The van der Waals surface area contributed by atoms with Crippen molar-refractivity contribution in [2.24, 2.45) is 5.84 Å². The van der Waals surface area contributed by atoms with Gasteiger partial charge in [-0.1, -0.05) is 28.1 Å². The molecule has 0 aromatic heterocycles. The first-order chi connectivity index (χ1) is 10.6. The second-order valence-electron chi connectivity index (χ2n) is 4.49. The Labute approximate surface area is 137 Å². The second kappa shape index (κ2) is 7.82. The number of benzene rings is 2. The Hall–Kier alpha value is -2.05. The summed E-state index contributed by atoms with van der Waals surface area (Å²) in [5.41, 5.74) is 3.54. The van der Waals surface area contributed by atoms with Gasteiger partial charge in [0.25, 0.3) is 5.91 Å². The van der Waals surface area contributed by atoms with Crippen LogP contribution in [0.4, 0.5) is 0 Å². The van der Waals surface area contributed by atoms with Crippen molar-refractivity contribution >= 4 is 21.8 Å². The minimum absolute atomic E-state index is 0.375. The smallest absolute Gasteiger partial charge is 0.265 e. The van der Waals surface area contributed by atoms with E-state index in [1.54, 1.807) is 18.2 Å². The fraction of sp³-hybridized carbons (Fsp3) is 0.188. The van der Waals surface area contributed by atoms with Gasteiger partial charge in [-0.05, 0) is 42.8 Å². The topological polar surface area (TPSA) is 73.6 Å². The number of carbonyl (C=O) groups is 1. The number of nitrogen functional groups attached to an aromatic ring is 1. The van der Waals surface area contributed by atoms with Crippen LogP contribution in [0.1, 0.15) is 22.8 Å². The summed E-state index contributed by atoms with van der Waals surface area (Å²) in [5.74, 6) is 5.86. The molecule has 2 aromatic rings. The number of hydrogen-bond acceptors (Lipinski definition) is 4. The van der Waals surface area contributed by atoms with Crippen molar-refractivity contribution in [3.8, 4) is 11.5 Å². The van der Waals surface area contributed by atoms with Crippen LogP contribution in [0.25, 0.3) is 0 Å². The average molecular weight is 365 g/mol. The molecule has 0 aliphatic rings. The normalized spacial score (nSPS) is 10.1. The number of hydrazine groups is 1. The molecule has 3 N–H and O–H groups in total. The highest BCUT2D eigenvalue weighted by molar-refractivity contribution is 9.10. The minimum atomic E-state index is -0.375. The van der Waals surface area contributed by atoms with Crippen LogP contribution in [0.3, 0.4) is 0 Å². The minimum Gasteiger partial charge on any atom is -0.490 e. The molecule has 0 spiro atoms. The summed E-state index contributed by atoms with van der Waals surface area (Å²) < 4.78 is 12.3. The third-order valence-electron chi connectivity index (χ3n) is 2.92. The zero-order valence-corrected chi connectivity index (χ0v) is 13.7. The van der Waals surface area contributed by atoms with Gasteiger partial charge in [0.15, 0.2) is 11.5 Å². The van der Waals surface area contributed by atoms with Crippen molar-refractivity contribution in [3.05, 3.63) is 58.1 Å². The molecule has 1 amide bonds. The van der Waals surface area contributed by atoms with Crippen LogP contribution in [0.5, 0.6) is 11.5 Å². The predicted octanol–water partition coefficient (Wildman–Crippen LogP) is 3.03. The first kappa shape index (κ1) is 16.3. The van der Waals surface area contributed by atoms with E-state index in [2.05, 4.69) is 21.4 Å². The van der Waals surface area contributed by atoms with Gasteiger partial charge < -0.3 is 9.47 Å². The maximum Gasteiger partial charge on any atom is 0.265 e. The SMILES string of the molecule is CCOc1cc(C(=O)NN)ccc1OCc1cccc(Br)c1. The van der Waals surface area contributed by atoms with E-state index in [4.69, 9.17) is 15.3 Å². The molecule has 0 saturated heterocycles. The number of carbonyl (C=O) groups excluding carboxylic acids is 1. The van der Waals surface area contributed by atoms with E-state index in [9.17, 15) is 4.79 Å². The van der Waals surface area contributed by atoms with Gasteiger partial charge in [0.2, 0.25) is 0 Å². The molecule has 0 aliphatic carbocycles. The fourth-order valence-electron chi connectivity index (χ4n) is 1.91. The van der Waals surface area contributed by atoms with Gasteiger partial charge in [-0.15, -0.1) is 0 Å². The molecule has 0 heterocycles. The van der Waals surface area contributed by atoms with Crippen LogP contribution in [-0.2, 0) is 6.61 Å². The van der Waals surface area contributed by atoms with E-state index in [0.717, 1.165) is 10.0 Å². The molecule has 2 rings (SSSR count). The first-order valence-corrected chi connectivity index (χ1v) is 7.58. The Morgan fingerprint density at radius 1 is 1.18 bits per heavy atom. The molecule has 0 radical (unpaired) electrons. The van der Waals surface area contributed by atoms with Crippen molar-refractivity contribution in [2.45, 2.75) is 13.5 Å². The number of amides is 1. The molecular weight excluding hydrogens is 348 g/mol. The Morgan fingerprint density at radius 3 is 2.68 bits per heavy atom. The van der Waals surface area contributed by atoms with Gasteiger partial charge in [-0.3, -0.25) is 10.2 Å². The van der Waals surface area contributed by atoms with Crippen molar-refractivity contribution in [1.29, 1.82) is 0 Å². The Morgan fingerprint density at radius 2 is 2.00 bits per heavy atom. The molecule has 22 heavy (non-hydrogen) atoms.